The van der Waals surface area contributed by atoms with E-state index in [-0.39, 0.29) is 0 Å². The molecule has 2 aromatic carbocycles. The molecule has 0 saturated heterocycles. The summed E-state index contributed by atoms with van der Waals surface area (Å²) in [4.78, 5) is 13.7. The Hall–Kier alpha value is -2.33. The molecule has 0 bridgehead atoms. The lowest BCUT2D eigenvalue weighted by Gasteiger charge is -2.00. The Kier molecular flexibility index (Phi) is 6.45. The molecule has 0 unspecified atom stereocenters. The number of carbonyl (C=O) groups is 1. The van der Waals surface area contributed by atoms with Crippen LogP contribution in [0, 0.1) is 0 Å². The predicted octanol–water partition coefficient (Wildman–Crippen LogP) is 4.51. The summed E-state index contributed by atoms with van der Waals surface area (Å²) in [6, 6.07) is 20.1. The predicted molar refractivity (Wildman–Crippen MR) is 91.9 cm³/mol. The second-order valence-corrected chi connectivity index (χ2v) is 4.89. The Labute approximate surface area is 135 Å². The number of aldehydes is 1. The van der Waals surface area contributed by atoms with Crippen LogP contribution in [0.25, 0.3) is 22.6 Å². The molecule has 0 atom stereocenters. The smallest absolute Gasteiger partial charge is 0.182 e. The van der Waals surface area contributed by atoms with Crippen LogP contribution in [-0.2, 0) is 4.79 Å². The Morgan fingerprint density at radius 1 is 0.955 bits per heavy atom. The van der Waals surface area contributed by atoms with Gasteiger partial charge in [0, 0.05) is 17.5 Å². The maximum Gasteiger partial charge on any atom is 0.182 e. The molecule has 4 heteroatoms. The van der Waals surface area contributed by atoms with Crippen molar-refractivity contribution in [3.63, 3.8) is 0 Å². The van der Waals surface area contributed by atoms with Crippen molar-refractivity contribution in [1.82, 2.24) is 4.98 Å². The first kappa shape index (κ1) is 16.0. The van der Waals surface area contributed by atoms with Gasteiger partial charge in [-0.15, -0.1) is 0 Å². The molecule has 22 heavy (non-hydrogen) atoms. The Bertz CT molecular complexity index is 627. The van der Waals surface area contributed by atoms with Crippen LogP contribution in [0.1, 0.15) is 6.42 Å². The third-order valence-corrected chi connectivity index (χ3v) is 3.16. The normalized spacial score (nSPS) is 9.68. The highest BCUT2D eigenvalue weighted by molar-refractivity contribution is 7.80. The summed E-state index contributed by atoms with van der Waals surface area (Å²) in [5.74, 6) is 1.49. The van der Waals surface area contributed by atoms with Gasteiger partial charge >= 0.3 is 0 Å². The number of carbonyl (C=O) groups excluding carboxylic acids is 1. The van der Waals surface area contributed by atoms with Crippen LogP contribution in [-0.4, -0.2) is 17.0 Å². The van der Waals surface area contributed by atoms with E-state index < -0.39 is 0 Å². The summed E-state index contributed by atoms with van der Waals surface area (Å²) in [7, 11) is 0. The molecule has 0 aliphatic rings. The quantitative estimate of drug-likeness (QED) is 0.569. The molecule has 0 amide bonds. The van der Waals surface area contributed by atoms with Crippen LogP contribution < -0.4 is 0 Å². The number of rotatable bonds is 4. The molecule has 1 aromatic heterocycles. The highest BCUT2D eigenvalue weighted by Gasteiger charge is 2.11. The van der Waals surface area contributed by atoms with Crippen LogP contribution in [0.2, 0.25) is 0 Å². The van der Waals surface area contributed by atoms with Crippen molar-refractivity contribution < 1.29 is 9.21 Å². The van der Waals surface area contributed by atoms with E-state index >= 15 is 0 Å². The van der Waals surface area contributed by atoms with Crippen LogP contribution in [0.3, 0.4) is 0 Å². The van der Waals surface area contributed by atoms with Crippen LogP contribution in [0.5, 0.6) is 0 Å². The minimum atomic E-state index is 0.573. The van der Waals surface area contributed by atoms with Crippen molar-refractivity contribution in [3.05, 3.63) is 67.1 Å². The number of hydrogen-bond acceptors (Lipinski definition) is 4. The number of oxazole rings is 1. The van der Waals surface area contributed by atoms with Crippen molar-refractivity contribution in [3.8, 4) is 22.6 Å². The number of thiol groups is 1. The number of hydrogen-bond donors (Lipinski definition) is 1. The molecular weight excluding hydrogens is 294 g/mol. The first-order valence-electron chi connectivity index (χ1n) is 6.95. The van der Waals surface area contributed by atoms with Gasteiger partial charge in [-0.1, -0.05) is 60.7 Å². The van der Waals surface area contributed by atoms with Gasteiger partial charge in [0.05, 0.1) is 0 Å². The number of aromatic nitrogens is 1. The molecule has 0 N–H and O–H groups in total. The van der Waals surface area contributed by atoms with E-state index in [2.05, 4.69) is 17.6 Å². The van der Waals surface area contributed by atoms with Crippen LogP contribution in [0.4, 0.5) is 0 Å². The van der Waals surface area contributed by atoms with Gasteiger partial charge in [0.2, 0.25) is 0 Å². The molecule has 0 fully saturated rings. The molecular formula is C18H17NO2S. The fourth-order valence-corrected chi connectivity index (χ4v) is 2.00. The summed E-state index contributed by atoms with van der Waals surface area (Å²) in [5.41, 5.74) is 3.00. The van der Waals surface area contributed by atoms with Gasteiger partial charge in [-0.25, -0.2) is 4.98 Å². The van der Waals surface area contributed by atoms with E-state index in [4.69, 9.17) is 4.42 Å². The van der Waals surface area contributed by atoms with Crippen LogP contribution >= 0.6 is 12.6 Å². The van der Waals surface area contributed by atoms with Gasteiger partial charge in [0.1, 0.15) is 12.0 Å². The van der Waals surface area contributed by atoms with Gasteiger partial charge in [-0.3, -0.25) is 0 Å². The molecule has 3 aromatic rings. The monoisotopic (exact) mass is 311 g/mol. The molecule has 0 saturated carbocycles. The second-order valence-electron chi connectivity index (χ2n) is 4.44. The van der Waals surface area contributed by atoms with Gasteiger partial charge < -0.3 is 9.21 Å². The summed E-state index contributed by atoms with van der Waals surface area (Å²) in [6.45, 7) is 0. The van der Waals surface area contributed by atoms with E-state index in [9.17, 15) is 4.79 Å². The maximum atomic E-state index is 9.36. The zero-order chi connectivity index (χ0) is 15.6. The fourth-order valence-electron chi connectivity index (χ4n) is 1.89. The lowest BCUT2D eigenvalue weighted by atomic mass is 10.1. The molecule has 0 aliphatic heterocycles. The molecule has 0 spiro atoms. The van der Waals surface area contributed by atoms with Crippen molar-refractivity contribution in [2.45, 2.75) is 6.42 Å². The topological polar surface area (TPSA) is 43.1 Å². The third kappa shape index (κ3) is 4.33. The first-order valence-corrected chi connectivity index (χ1v) is 7.59. The van der Waals surface area contributed by atoms with Gasteiger partial charge in [-0.2, -0.15) is 12.6 Å². The SMILES string of the molecule is O=CCCS.c1ccc(-c2ncoc2-c2ccccc2)cc1. The van der Waals surface area contributed by atoms with E-state index in [1.165, 1.54) is 6.39 Å². The minimum absolute atomic E-state index is 0.573. The number of benzene rings is 2. The Balaban J connectivity index is 0.000000309. The largest absolute Gasteiger partial charge is 0.443 e. The first-order chi connectivity index (χ1) is 10.9. The van der Waals surface area contributed by atoms with Crippen molar-refractivity contribution >= 4 is 18.9 Å². The molecule has 0 radical (unpaired) electrons. The summed E-state index contributed by atoms with van der Waals surface area (Å²) >= 11 is 3.77. The zero-order valence-electron chi connectivity index (χ0n) is 12.1. The van der Waals surface area contributed by atoms with Crippen molar-refractivity contribution in [2.75, 3.05) is 5.75 Å². The highest BCUT2D eigenvalue weighted by atomic mass is 32.1. The Morgan fingerprint density at radius 2 is 1.55 bits per heavy atom. The highest BCUT2D eigenvalue weighted by Crippen LogP contribution is 2.30. The second kappa shape index (κ2) is 8.85. The lowest BCUT2D eigenvalue weighted by Crippen LogP contribution is -1.81. The molecule has 112 valence electrons. The Morgan fingerprint density at radius 3 is 2.05 bits per heavy atom. The van der Waals surface area contributed by atoms with Crippen molar-refractivity contribution in [2.24, 2.45) is 0 Å². The summed E-state index contributed by atoms with van der Waals surface area (Å²) in [5, 5.41) is 0. The average Bonchev–Trinajstić information content (AvgIpc) is 3.07. The zero-order valence-corrected chi connectivity index (χ0v) is 12.9. The standard InChI is InChI=1S/C15H11NO.C3H6OS/c1-3-7-12(8-4-1)14-15(17-11-16-14)13-9-5-2-6-10-13;4-2-1-3-5/h1-11H;2,5H,1,3H2. The van der Waals surface area contributed by atoms with Gasteiger partial charge in [0.25, 0.3) is 0 Å². The third-order valence-electron chi connectivity index (χ3n) is 2.90. The van der Waals surface area contributed by atoms with E-state index in [0.717, 1.165) is 28.9 Å². The fraction of sp³-hybridized carbons (Fsp3) is 0.111. The maximum absolute atomic E-state index is 9.36. The van der Waals surface area contributed by atoms with Crippen molar-refractivity contribution in [1.29, 1.82) is 0 Å². The molecule has 3 nitrogen and oxygen atoms in total. The van der Waals surface area contributed by atoms with Crippen LogP contribution in [0.15, 0.2) is 71.5 Å². The summed E-state index contributed by atoms with van der Waals surface area (Å²) < 4.78 is 5.49. The van der Waals surface area contributed by atoms with E-state index in [1.54, 1.807) is 0 Å². The van der Waals surface area contributed by atoms with Gasteiger partial charge in [-0.05, 0) is 5.75 Å². The molecule has 0 aliphatic carbocycles. The average molecular weight is 311 g/mol. The molecule has 1 heterocycles. The number of nitrogens with zero attached hydrogens (tertiary/aromatic N) is 1. The van der Waals surface area contributed by atoms with E-state index in [1.807, 2.05) is 60.7 Å². The lowest BCUT2D eigenvalue weighted by molar-refractivity contribution is -0.107. The molecule has 3 rings (SSSR count). The van der Waals surface area contributed by atoms with E-state index in [0.29, 0.717) is 12.2 Å². The summed E-state index contributed by atoms with van der Waals surface area (Å²) in [6.07, 6.45) is 2.92. The van der Waals surface area contributed by atoms with Gasteiger partial charge in [0.15, 0.2) is 12.2 Å². The minimum Gasteiger partial charge on any atom is -0.443 e.